The van der Waals surface area contributed by atoms with Crippen molar-refractivity contribution in [3.63, 3.8) is 0 Å². The Morgan fingerprint density at radius 3 is 2.22 bits per heavy atom. The number of amides is 2. The maximum Gasteiger partial charge on any atom is 0.239 e. The van der Waals surface area contributed by atoms with Crippen molar-refractivity contribution >= 4 is 25.6 Å². The number of rotatable bonds is 12. The number of carbonyl (C=O) groups is 2. The Morgan fingerprint density at radius 1 is 1.12 bits per heavy atom. The van der Waals surface area contributed by atoms with E-state index < -0.39 is 6.43 Å². The fourth-order valence-electron chi connectivity index (χ4n) is 4.75. The molecule has 2 heterocycles. The molecule has 1 saturated carbocycles. The lowest BCUT2D eigenvalue weighted by Crippen LogP contribution is -2.23. The molecular formula is C39H57BF3N4O2. The molecule has 1 fully saturated rings. The third-order valence-electron chi connectivity index (χ3n) is 7.08. The molecule has 0 unspecified atom stereocenters. The number of nitrogens with one attached hydrogen (secondary N) is 1. The maximum atomic E-state index is 13.1. The molecule has 1 aromatic carbocycles. The van der Waals surface area contributed by atoms with Gasteiger partial charge in [-0.1, -0.05) is 76.6 Å². The smallest absolute Gasteiger partial charge is 0.239 e. The van der Waals surface area contributed by atoms with Crippen LogP contribution in [-0.2, 0) is 16.0 Å². The highest BCUT2D eigenvalue weighted by Crippen LogP contribution is 2.37. The van der Waals surface area contributed by atoms with Gasteiger partial charge in [0, 0.05) is 43.2 Å². The van der Waals surface area contributed by atoms with E-state index >= 15 is 0 Å². The van der Waals surface area contributed by atoms with Gasteiger partial charge in [0.2, 0.25) is 19.2 Å². The molecule has 1 radical (unpaired) electrons. The second-order valence-electron chi connectivity index (χ2n) is 11.5. The van der Waals surface area contributed by atoms with Crippen LogP contribution in [0.2, 0.25) is 6.32 Å². The number of aryl methyl sites for hydroxylation is 1. The molecule has 3 N–H and O–H groups in total. The molecule has 0 saturated heterocycles. The van der Waals surface area contributed by atoms with Crippen LogP contribution in [-0.4, -0.2) is 43.0 Å². The van der Waals surface area contributed by atoms with Gasteiger partial charge in [-0.15, -0.1) is 0 Å². The Hall–Kier alpha value is -4.08. The third-order valence-corrected chi connectivity index (χ3v) is 7.08. The summed E-state index contributed by atoms with van der Waals surface area (Å²) in [5.74, 6) is 0.449. The van der Waals surface area contributed by atoms with Crippen molar-refractivity contribution < 1.29 is 22.8 Å². The molecule has 2 aliphatic rings. The molecule has 49 heavy (non-hydrogen) atoms. The first-order valence-corrected chi connectivity index (χ1v) is 17.2. The van der Waals surface area contributed by atoms with Crippen molar-refractivity contribution in [2.45, 2.75) is 107 Å². The normalized spacial score (nSPS) is 13.4. The Balaban J connectivity index is 0.000000781. The fourth-order valence-corrected chi connectivity index (χ4v) is 4.75. The van der Waals surface area contributed by atoms with Gasteiger partial charge in [0.1, 0.15) is 5.82 Å². The molecule has 4 rings (SSSR count). The predicted octanol–water partition coefficient (Wildman–Crippen LogP) is 8.80. The lowest BCUT2D eigenvalue weighted by atomic mass is 9.64. The van der Waals surface area contributed by atoms with E-state index in [2.05, 4.69) is 58.8 Å². The Kier molecular flexibility index (Phi) is 23.7. The van der Waals surface area contributed by atoms with E-state index in [4.69, 9.17) is 9.78 Å². The van der Waals surface area contributed by atoms with E-state index in [0.717, 1.165) is 51.1 Å². The molecule has 1 aromatic heterocycles. The van der Waals surface area contributed by atoms with Crippen molar-refractivity contribution in [1.29, 1.82) is 0 Å². The van der Waals surface area contributed by atoms with Gasteiger partial charge in [0.15, 0.2) is 7.28 Å². The van der Waals surface area contributed by atoms with Gasteiger partial charge in [-0.3, -0.25) is 14.6 Å². The molecule has 2 amide bonds. The average molecular weight is 682 g/mol. The number of primary amides is 1. The Labute approximate surface area is 294 Å². The number of allylic oxidation sites excluding steroid dienone is 4. The maximum absolute atomic E-state index is 13.1. The number of hydrogen-bond acceptors (Lipinski definition) is 4. The van der Waals surface area contributed by atoms with Crippen LogP contribution in [0, 0.1) is 18.7 Å². The van der Waals surface area contributed by atoms with Crippen molar-refractivity contribution in [1.82, 2.24) is 15.2 Å². The average Bonchev–Trinajstić information content (AvgIpc) is 3.92. The first-order valence-electron chi connectivity index (χ1n) is 17.2. The first kappa shape index (κ1) is 44.9. The SMILES string of the molecule is C=C1C(CCC(F)F)=CC(C)=CN1/C=C(\C)C1CC1.CC.CCC.CC[B]c1c(C)cc(CCNC=O)nc1-c1ccc(F)cc1.NC=O. The zero-order valence-corrected chi connectivity index (χ0v) is 30.8. The minimum Gasteiger partial charge on any atom is -0.372 e. The van der Waals surface area contributed by atoms with Crippen molar-refractivity contribution in [3.8, 4) is 11.3 Å². The largest absolute Gasteiger partial charge is 0.372 e. The Morgan fingerprint density at radius 2 is 1.71 bits per heavy atom. The number of nitrogens with two attached hydrogens (primary N) is 1. The van der Waals surface area contributed by atoms with Crippen LogP contribution < -0.4 is 16.5 Å². The number of halogens is 3. The van der Waals surface area contributed by atoms with Gasteiger partial charge >= 0.3 is 0 Å². The molecule has 1 aliphatic heterocycles. The lowest BCUT2D eigenvalue weighted by Gasteiger charge is -2.26. The zero-order valence-electron chi connectivity index (χ0n) is 30.8. The number of nitrogens with zero attached hydrogens (tertiary/aromatic N) is 2. The number of pyridine rings is 1. The van der Waals surface area contributed by atoms with Gasteiger partial charge < -0.3 is 16.0 Å². The molecule has 6 nitrogen and oxygen atoms in total. The van der Waals surface area contributed by atoms with Gasteiger partial charge in [-0.05, 0) is 93.0 Å². The van der Waals surface area contributed by atoms with E-state index in [1.54, 1.807) is 12.1 Å². The Bertz CT molecular complexity index is 1370. The van der Waals surface area contributed by atoms with Gasteiger partial charge in [-0.2, -0.15) is 0 Å². The molecule has 1 aliphatic carbocycles. The highest BCUT2D eigenvalue weighted by atomic mass is 19.3. The van der Waals surface area contributed by atoms with E-state index in [1.807, 2.05) is 50.9 Å². The molecule has 10 heteroatoms. The summed E-state index contributed by atoms with van der Waals surface area (Å²) in [4.78, 5) is 25.6. The van der Waals surface area contributed by atoms with Gasteiger partial charge in [-0.25, -0.2) is 13.2 Å². The summed E-state index contributed by atoms with van der Waals surface area (Å²) in [5, 5.41) is 2.64. The summed E-state index contributed by atoms with van der Waals surface area (Å²) in [6.45, 7) is 21.1. The van der Waals surface area contributed by atoms with Gasteiger partial charge in [0.25, 0.3) is 0 Å². The molecular weight excluding hydrogens is 624 g/mol. The molecule has 0 atom stereocenters. The van der Waals surface area contributed by atoms with Crippen molar-refractivity contribution in [2.75, 3.05) is 6.54 Å². The van der Waals surface area contributed by atoms with Crippen LogP contribution in [0.1, 0.15) is 91.8 Å². The number of hydrogen-bond donors (Lipinski definition) is 2. The minimum atomic E-state index is -2.25. The van der Waals surface area contributed by atoms with Crippen molar-refractivity contribution in [2.24, 2.45) is 11.7 Å². The van der Waals surface area contributed by atoms with Crippen LogP contribution in [0.4, 0.5) is 13.2 Å². The van der Waals surface area contributed by atoms with Crippen LogP contribution in [0.25, 0.3) is 11.3 Å². The van der Waals surface area contributed by atoms with Crippen LogP contribution >= 0.6 is 0 Å². The summed E-state index contributed by atoms with van der Waals surface area (Å²) in [6.07, 6.45) is 10.4. The monoisotopic (exact) mass is 681 g/mol. The van der Waals surface area contributed by atoms with Gasteiger partial charge in [0.05, 0.1) is 5.69 Å². The summed E-state index contributed by atoms with van der Waals surface area (Å²) in [6, 6.07) is 8.43. The fraction of sp³-hybridized carbons (Fsp3) is 0.462. The van der Waals surface area contributed by atoms with Crippen LogP contribution in [0.15, 0.2) is 77.8 Å². The van der Waals surface area contributed by atoms with Crippen molar-refractivity contribution in [3.05, 3.63) is 94.9 Å². The number of aromatic nitrogens is 1. The topological polar surface area (TPSA) is 88.3 Å². The highest BCUT2D eigenvalue weighted by Gasteiger charge is 2.24. The van der Waals surface area contributed by atoms with E-state index in [-0.39, 0.29) is 18.6 Å². The molecule has 0 spiro atoms. The van der Waals surface area contributed by atoms with Crippen LogP contribution in [0.5, 0.6) is 0 Å². The molecule has 269 valence electrons. The third kappa shape index (κ3) is 17.8. The van der Waals surface area contributed by atoms with E-state index in [1.165, 1.54) is 37.0 Å². The summed E-state index contributed by atoms with van der Waals surface area (Å²) in [7, 11) is 2.13. The number of carbonyl (C=O) groups excluding carboxylic acids is 2. The minimum absolute atomic E-state index is 0.0999. The summed E-state index contributed by atoms with van der Waals surface area (Å²) in [5.41, 5.74) is 13.2. The van der Waals surface area contributed by atoms with E-state index in [9.17, 15) is 18.0 Å². The lowest BCUT2D eigenvalue weighted by molar-refractivity contribution is -0.109. The first-order chi connectivity index (χ1) is 23.4. The quantitative estimate of drug-likeness (QED) is 0.133. The molecule has 0 bridgehead atoms. The summed E-state index contributed by atoms with van der Waals surface area (Å²) < 4.78 is 37.8. The number of alkyl halides is 2. The standard InChI is InChI=1S/C17H19BFN2O.C16H21F2N.C3H8.C2H6.CH3NO/c1-3-18-16-12(2)10-15(8-9-20-11-22)21-17(16)13-4-6-14(19)7-5-13;1-11-8-15(6-7-16(17)18)13(3)19(9-11)10-12(2)14-4-5-14;1-3-2;1-2;2-1-3/h4-7,10-11H,3,8-9H2,1-2H3,(H,20,22);8-10,14,16H,3-7H2,1-2H3;3H2,1-2H3;1-2H3;1H,(H2,2,3)/b;12-10+;;;. The highest BCUT2D eigenvalue weighted by molar-refractivity contribution is 6.55. The summed E-state index contributed by atoms with van der Waals surface area (Å²) >= 11 is 0. The van der Waals surface area contributed by atoms with Crippen LogP contribution in [0.3, 0.4) is 0 Å². The molecule has 2 aromatic rings. The second-order valence-corrected chi connectivity index (χ2v) is 11.5. The predicted molar refractivity (Wildman–Crippen MR) is 200 cm³/mol. The second kappa shape index (κ2) is 25.9. The zero-order chi connectivity index (χ0) is 37.4. The number of benzene rings is 1. The van der Waals surface area contributed by atoms with E-state index in [0.29, 0.717) is 31.7 Å².